The molecule has 8 nitrogen and oxygen atoms in total. The van der Waals surface area contributed by atoms with Crippen LogP contribution in [0.5, 0.6) is 0 Å². The maximum atomic E-state index is 12.4. The first-order valence-electron chi connectivity index (χ1n) is 7.74. The summed E-state index contributed by atoms with van der Waals surface area (Å²) in [7, 11) is 0. The first-order chi connectivity index (χ1) is 11.4. The summed E-state index contributed by atoms with van der Waals surface area (Å²) in [5.74, 6) is -1.12. The highest BCUT2D eigenvalue weighted by Gasteiger charge is 2.26. The number of nitrogens with zero attached hydrogens (tertiary/aromatic N) is 1. The minimum absolute atomic E-state index is 0. The molecule has 2 amide bonds. The molecule has 0 saturated heterocycles. The third-order valence-electron chi connectivity index (χ3n) is 3.36. The maximum absolute atomic E-state index is 12.4. The van der Waals surface area contributed by atoms with Gasteiger partial charge in [-0.3, -0.25) is 19.7 Å². The topological polar surface area (TPSA) is 127 Å². The number of non-ortho nitro benzene ring substituents is 1. The average molecular weight is 407 g/mol. The van der Waals surface area contributed by atoms with E-state index >= 15 is 0 Å². The predicted molar refractivity (Wildman–Crippen MR) is 103 cm³/mol. The fourth-order valence-corrected chi connectivity index (χ4v) is 2.24. The van der Waals surface area contributed by atoms with Gasteiger partial charge in [-0.15, -0.1) is 12.4 Å². The molecule has 1 rings (SSSR count). The Kier molecular flexibility index (Phi) is 8.99. The second-order valence-electron chi connectivity index (χ2n) is 6.82. The van der Waals surface area contributed by atoms with Gasteiger partial charge in [0.1, 0.15) is 6.04 Å². The number of rotatable bonds is 7. The van der Waals surface area contributed by atoms with Crippen LogP contribution < -0.4 is 16.4 Å². The van der Waals surface area contributed by atoms with Gasteiger partial charge in [0.05, 0.1) is 15.5 Å². The molecular formula is C16H24Cl2N4O4. The zero-order valence-electron chi connectivity index (χ0n) is 15.0. The number of benzene rings is 1. The van der Waals surface area contributed by atoms with Crippen LogP contribution in [-0.4, -0.2) is 34.9 Å². The average Bonchev–Trinajstić information content (AvgIpc) is 2.48. The Balaban J connectivity index is 0.00000625. The van der Waals surface area contributed by atoms with Crippen LogP contribution in [0, 0.1) is 16.0 Å². The highest BCUT2D eigenvalue weighted by atomic mass is 35.5. The SMILES string of the molecule is CC(C)C(NC(=O)c1ccc([N+](=O)[O-])cc1Cl)C(=O)NCC(C)(C)N.Cl. The Morgan fingerprint density at radius 1 is 1.35 bits per heavy atom. The molecule has 26 heavy (non-hydrogen) atoms. The summed E-state index contributed by atoms with van der Waals surface area (Å²) in [6, 6.07) is 2.75. The van der Waals surface area contributed by atoms with E-state index in [0.717, 1.165) is 6.07 Å². The fourth-order valence-electron chi connectivity index (χ4n) is 1.98. The van der Waals surface area contributed by atoms with Gasteiger partial charge in [-0.2, -0.15) is 0 Å². The van der Waals surface area contributed by atoms with E-state index in [4.69, 9.17) is 17.3 Å². The van der Waals surface area contributed by atoms with Crippen LogP contribution in [0.15, 0.2) is 18.2 Å². The summed E-state index contributed by atoms with van der Waals surface area (Å²) in [6.07, 6.45) is 0. The molecule has 0 radical (unpaired) electrons. The Morgan fingerprint density at radius 3 is 2.35 bits per heavy atom. The number of carbonyl (C=O) groups excluding carboxylic acids is 2. The maximum Gasteiger partial charge on any atom is 0.270 e. The highest BCUT2D eigenvalue weighted by Crippen LogP contribution is 2.22. The molecule has 0 saturated carbocycles. The van der Waals surface area contributed by atoms with Crippen molar-refractivity contribution in [2.45, 2.75) is 39.3 Å². The molecule has 1 atom stereocenters. The first-order valence-corrected chi connectivity index (χ1v) is 8.11. The van der Waals surface area contributed by atoms with Gasteiger partial charge in [0.15, 0.2) is 0 Å². The number of nitrogens with one attached hydrogen (secondary N) is 2. The Labute approximate surface area is 163 Å². The molecule has 1 aromatic carbocycles. The molecular weight excluding hydrogens is 383 g/mol. The van der Waals surface area contributed by atoms with E-state index in [-0.39, 0.29) is 47.1 Å². The standard InChI is InChI=1S/C16H23ClN4O4.ClH/c1-9(2)13(15(23)19-8-16(3,4)18)20-14(22)11-6-5-10(21(24)25)7-12(11)17;/h5-7,9,13H,8,18H2,1-4H3,(H,19,23)(H,20,22);1H. The van der Waals surface area contributed by atoms with Gasteiger partial charge in [-0.25, -0.2) is 0 Å². The van der Waals surface area contributed by atoms with E-state index in [1.54, 1.807) is 27.7 Å². The van der Waals surface area contributed by atoms with Crippen molar-refractivity contribution in [3.8, 4) is 0 Å². The monoisotopic (exact) mass is 406 g/mol. The van der Waals surface area contributed by atoms with Crippen molar-refractivity contribution in [2.24, 2.45) is 11.7 Å². The molecule has 0 spiro atoms. The summed E-state index contributed by atoms with van der Waals surface area (Å²) in [6.45, 7) is 7.37. The number of carbonyl (C=O) groups is 2. The summed E-state index contributed by atoms with van der Waals surface area (Å²) >= 11 is 5.95. The third kappa shape index (κ3) is 7.15. The van der Waals surface area contributed by atoms with Gasteiger partial charge in [0.25, 0.3) is 11.6 Å². The molecule has 0 fully saturated rings. The molecule has 0 aromatic heterocycles. The predicted octanol–water partition coefficient (Wildman–Crippen LogP) is 2.28. The minimum atomic E-state index is -0.791. The lowest BCUT2D eigenvalue weighted by molar-refractivity contribution is -0.384. The summed E-state index contributed by atoms with van der Waals surface area (Å²) in [4.78, 5) is 34.8. The zero-order chi connectivity index (χ0) is 19.4. The molecule has 1 aromatic rings. The van der Waals surface area contributed by atoms with Gasteiger partial charge in [-0.1, -0.05) is 25.4 Å². The van der Waals surface area contributed by atoms with Crippen LogP contribution in [0.2, 0.25) is 5.02 Å². The normalized spacial score (nSPS) is 12.1. The number of hydrogen-bond acceptors (Lipinski definition) is 5. The van der Waals surface area contributed by atoms with E-state index in [1.807, 2.05) is 0 Å². The minimum Gasteiger partial charge on any atom is -0.352 e. The molecule has 0 bridgehead atoms. The summed E-state index contributed by atoms with van der Waals surface area (Å²) < 4.78 is 0. The van der Waals surface area contributed by atoms with E-state index in [9.17, 15) is 19.7 Å². The van der Waals surface area contributed by atoms with Crippen LogP contribution in [0.3, 0.4) is 0 Å². The van der Waals surface area contributed by atoms with Crippen molar-refractivity contribution in [1.29, 1.82) is 0 Å². The summed E-state index contributed by atoms with van der Waals surface area (Å²) in [5.41, 5.74) is 5.10. The van der Waals surface area contributed by atoms with Crippen molar-refractivity contribution in [3.05, 3.63) is 38.9 Å². The number of amides is 2. The Morgan fingerprint density at radius 2 is 1.92 bits per heavy atom. The smallest absolute Gasteiger partial charge is 0.270 e. The molecule has 4 N–H and O–H groups in total. The number of nitrogens with two attached hydrogens (primary N) is 1. The van der Waals surface area contributed by atoms with Gasteiger partial charge in [0, 0.05) is 24.2 Å². The number of hydrogen-bond donors (Lipinski definition) is 3. The van der Waals surface area contributed by atoms with Crippen molar-refractivity contribution >= 4 is 41.5 Å². The second-order valence-corrected chi connectivity index (χ2v) is 7.23. The fraction of sp³-hybridized carbons (Fsp3) is 0.500. The van der Waals surface area contributed by atoms with Crippen molar-refractivity contribution in [1.82, 2.24) is 10.6 Å². The molecule has 146 valence electrons. The summed E-state index contributed by atoms with van der Waals surface area (Å²) in [5, 5.41) is 16.0. The Hall–Kier alpha value is -1.90. The highest BCUT2D eigenvalue weighted by molar-refractivity contribution is 6.34. The van der Waals surface area contributed by atoms with Gasteiger partial charge in [0.2, 0.25) is 5.91 Å². The van der Waals surface area contributed by atoms with Crippen LogP contribution in [0.25, 0.3) is 0 Å². The molecule has 0 heterocycles. The molecule has 0 aliphatic carbocycles. The van der Waals surface area contributed by atoms with Crippen LogP contribution >= 0.6 is 24.0 Å². The van der Waals surface area contributed by atoms with Crippen molar-refractivity contribution in [3.63, 3.8) is 0 Å². The van der Waals surface area contributed by atoms with Crippen LogP contribution in [0.1, 0.15) is 38.1 Å². The first kappa shape index (κ1) is 24.1. The lowest BCUT2D eigenvalue weighted by atomic mass is 10.0. The van der Waals surface area contributed by atoms with Crippen LogP contribution in [-0.2, 0) is 4.79 Å². The van der Waals surface area contributed by atoms with E-state index in [0.29, 0.717) is 0 Å². The number of halogens is 2. The lowest BCUT2D eigenvalue weighted by Crippen LogP contribution is -2.53. The molecule has 0 aliphatic rings. The van der Waals surface area contributed by atoms with Crippen LogP contribution in [0.4, 0.5) is 5.69 Å². The largest absolute Gasteiger partial charge is 0.352 e. The molecule has 1 unspecified atom stereocenters. The quantitative estimate of drug-likeness (QED) is 0.472. The third-order valence-corrected chi connectivity index (χ3v) is 3.67. The second kappa shape index (κ2) is 9.70. The zero-order valence-corrected chi connectivity index (χ0v) is 16.6. The lowest BCUT2D eigenvalue weighted by Gasteiger charge is -2.25. The van der Waals surface area contributed by atoms with Crippen molar-refractivity contribution in [2.75, 3.05) is 6.54 Å². The van der Waals surface area contributed by atoms with Gasteiger partial charge >= 0.3 is 0 Å². The van der Waals surface area contributed by atoms with E-state index < -0.39 is 22.4 Å². The number of nitro groups is 1. The Bertz CT molecular complexity index is 675. The molecule has 0 aliphatic heterocycles. The van der Waals surface area contributed by atoms with E-state index in [1.165, 1.54) is 12.1 Å². The number of nitro benzene ring substituents is 1. The van der Waals surface area contributed by atoms with Crippen molar-refractivity contribution < 1.29 is 14.5 Å². The van der Waals surface area contributed by atoms with E-state index in [2.05, 4.69) is 10.6 Å². The van der Waals surface area contributed by atoms with Gasteiger partial charge < -0.3 is 16.4 Å². The van der Waals surface area contributed by atoms with Gasteiger partial charge in [-0.05, 0) is 25.8 Å². The molecule has 10 heteroatoms.